The number of nitrogens with zero attached hydrogens (tertiary/aromatic N) is 2. The van der Waals surface area contributed by atoms with Gasteiger partial charge in [-0.05, 0) is 12.1 Å². The zero-order chi connectivity index (χ0) is 14.6. The normalized spacial score (nSPS) is 13.5. The summed E-state index contributed by atoms with van der Waals surface area (Å²) in [6.07, 6.45) is -5.07. The molecule has 4 nitrogen and oxygen atoms in total. The van der Waals surface area contributed by atoms with Gasteiger partial charge in [0.1, 0.15) is 5.69 Å². The second kappa shape index (κ2) is 5.83. The number of alkyl halides is 3. The fourth-order valence-electron chi connectivity index (χ4n) is 1.06. The van der Waals surface area contributed by atoms with E-state index in [2.05, 4.69) is 10.2 Å². The van der Waals surface area contributed by atoms with Crippen LogP contribution in [0.4, 0.5) is 18.9 Å². The number of carbonyl (C=O) groups is 1. The van der Waals surface area contributed by atoms with Crippen molar-refractivity contribution in [3.63, 3.8) is 0 Å². The van der Waals surface area contributed by atoms with Gasteiger partial charge in [-0.1, -0.05) is 23.7 Å². The molecule has 0 spiro atoms. The molecule has 0 atom stereocenters. The third kappa shape index (κ3) is 4.06. The summed E-state index contributed by atoms with van der Waals surface area (Å²) in [6, 6.07) is 5.99. The van der Waals surface area contributed by atoms with Crippen LogP contribution in [0.5, 0.6) is 0 Å². The highest BCUT2D eigenvalue weighted by atomic mass is 35.5. The molecule has 1 aromatic carbocycles. The molecule has 8 heteroatoms. The Morgan fingerprint density at radius 3 is 2.37 bits per heavy atom. The molecule has 0 saturated carbocycles. The van der Waals surface area contributed by atoms with Gasteiger partial charge in [-0.25, -0.2) is 0 Å². The van der Waals surface area contributed by atoms with Crippen molar-refractivity contribution < 1.29 is 23.1 Å². The maximum Gasteiger partial charge on any atom is 0.451 e. The summed E-state index contributed by atoms with van der Waals surface area (Å²) < 4.78 is 36.8. The number of azo groups is 1. The quantitative estimate of drug-likeness (QED) is 0.511. The van der Waals surface area contributed by atoms with E-state index in [4.69, 9.17) is 16.7 Å². The lowest BCUT2D eigenvalue weighted by Crippen LogP contribution is -2.16. The lowest BCUT2D eigenvalue weighted by atomic mass is 10.3. The van der Waals surface area contributed by atoms with Crippen LogP contribution in [0.3, 0.4) is 0 Å². The van der Waals surface area contributed by atoms with Gasteiger partial charge in [-0.2, -0.15) is 13.2 Å². The average molecular weight is 293 g/mol. The molecule has 0 fully saturated rings. The van der Waals surface area contributed by atoms with E-state index in [0.29, 0.717) is 0 Å². The predicted molar refractivity (Wildman–Crippen MR) is 62.4 cm³/mol. The zero-order valence-corrected chi connectivity index (χ0v) is 10.3. The fraction of sp³-hybridized carbons (Fsp3) is 0.182. The van der Waals surface area contributed by atoms with Crippen LogP contribution in [0.2, 0.25) is 5.02 Å². The van der Waals surface area contributed by atoms with Crippen molar-refractivity contribution in [1.82, 2.24) is 0 Å². The first kappa shape index (κ1) is 15.2. The molecule has 19 heavy (non-hydrogen) atoms. The number of aliphatic hydroxyl groups is 1. The molecular formula is C11H8ClF3N2O2. The van der Waals surface area contributed by atoms with Gasteiger partial charge in [-0.15, -0.1) is 10.2 Å². The molecule has 0 aliphatic rings. The van der Waals surface area contributed by atoms with Crippen LogP contribution in [0.25, 0.3) is 0 Å². The maximum absolute atomic E-state index is 12.3. The molecule has 1 N–H and O–H groups in total. The molecule has 0 aliphatic heterocycles. The van der Waals surface area contributed by atoms with E-state index in [1.165, 1.54) is 12.1 Å². The molecule has 102 valence electrons. The molecule has 0 unspecified atom stereocenters. The highest BCUT2D eigenvalue weighted by Gasteiger charge is 2.38. The number of aliphatic hydroxyl groups excluding tert-OH is 1. The van der Waals surface area contributed by atoms with Gasteiger partial charge in [-0.3, -0.25) is 4.79 Å². The summed E-state index contributed by atoms with van der Waals surface area (Å²) in [7, 11) is 0. The standard InChI is InChI=1S/C11H8ClF3N2O2/c1-6(18)9(10(19)11(13,14)15)17-16-8-5-3-2-4-7(8)12/h2-5,19H,1H3/b10-9-,17-16?. The first-order chi connectivity index (χ1) is 8.73. The summed E-state index contributed by atoms with van der Waals surface area (Å²) in [6.45, 7) is 0.836. The second-order valence-electron chi connectivity index (χ2n) is 3.40. The van der Waals surface area contributed by atoms with Crippen LogP contribution >= 0.6 is 11.6 Å². The number of halogens is 4. The Hall–Kier alpha value is -1.89. The van der Waals surface area contributed by atoms with Crippen LogP contribution in [0.1, 0.15) is 6.92 Å². The monoisotopic (exact) mass is 292 g/mol. The van der Waals surface area contributed by atoms with Gasteiger partial charge in [0.15, 0.2) is 11.5 Å². The summed E-state index contributed by atoms with van der Waals surface area (Å²) in [5, 5.41) is 15.6. The van der Waals surface area contributed by atoms with E-state index in [9.17, 15) is 18.0 Å². The van der Waals surface area contributed by atoms with Gasteiger partial charge < -0.3 is 5.11 Å². The molecule has 0 aliphatic carbocycles. The molecule has 1 aromatic rings. The van der Waals surface area contributed by atoms with Crippen LogP contribution in [0.15, 0.2) is 46.0 Å². The van der Waals surface area contributed by atoms with Crippen LogP contribution in [-0.2, 0) is 4.79 Å². The summed E-state index contributed by atoms with van der Waals surface area (Å²) in [4.78, 5) is 11.0. The summed E-state index contributed by atoms with van der Waals surface area (Å²) in [5.74, 6) is -3.15. The fourth-order valence-corrected chi connectivity index (χ4v) is 1.23. The molecule has 0 heterocycles. The Labute approximate surface area is 111 Å². The smallest absolute Gasteiger partial charge is 0.451 e. The number of ketones is 1. The van der Waals surface area contributed by atoms with E-state index in [1.54, 1.807) is 12.1 Å². The Balaban J connectivity index is 3.19. The van der Waals surface area contributed by atoms with E-state index >= 15 is 0 Å². The van der Waals surface area contributed by atoms with Crippen molar-refractivity contribution in [2.45, 2.75) is 13.1 Å². The highest BCUT2D eigenvalue weighted by Crippen LogP contribution is 2.29. The molecule has 0 bridgehead atoms. The number of benzene rings is 1. The Bertz CT molecular complexity index is 553. The van der Waals surface area contributed by atoms with Gasteiger partial charge in [0.05, 0.1) is 5.02 Å². The van der Waals surface area contributed by atoms with E-state index in [-0.39, 0.29) is 10.7 Å². The van der Waals surface area contributed by atoms with Crippen molar-refractivity contribution in [2.75, 3.05) is 0 Å². The number of Topliss-reactive ketones (excluding diaryl/α,β-unsaturated/α-hetero) is 1. The number of carbonyl (C=O) groups excluding carboxylic acids is 1. The Morgan fingerprint density at radius 2 is 1.89 bits per heavy atom. The minimum Gasteiger partial charge on any atom is -0.503 e. The molecule has 1 rings (SSSR count). The SMILES string of the molecule is CC(=O)/C(N=Nc1ccccc1Cl)=C(/O)C(F)(F)F. The largest absolute Gasteiger partial charge is 0.503 e. The van der Waals surface area contributed by atoms with Crippen molar-refractivity contribution in [2.24, 2.45) is 10.2 Å². The molecule has 0 radical (unpaired) electrons. The van der Waals surface area contributed by atoms with Gasteiger partial charge >= 0.3 is 6.18 Å². The minimum absolute atomic E-state index is 0.0814. The minimum atomic E-state index is -5.07. The van der Waals surface area contributed by atoms with Crippen LogP contribution < -0.4 is 0 Å². The first-order valence-corrected chi connectivity index (χ1v) is 5.29. The maximum atomic E-state index is 12.3. The molecule has 0 aromatic heterocycles. The number of rotatable bonds is 3. The zero-order valence-electron chi connectivity index (χ0n) is 9.57. The highest BCUT2D eigenvalue weighted by molar-refractivity contribution is 6.32. The molecular weight excluding hydrogens is 285 g/mol. The van der Waals surface area contributed by atoms with Gasteiger partial charge in [0.2, 0.25) is 5.76 Å². The van der Waals surface area contributed by atoms with E-state index < -0.39 is 23.4 Å². The van der Waals surface area contributed by atoms with Crippen molar-refractivity contribution in [3.8, 4) is 0 Å². The van der Waals surface area contributed by atoms with Crippen LogP contribution in [0, 0.1) is 0 Å². The lowest BCUT2D eigenvalue weighted by Gasteiger charge is -2.06. The van der Waals surface area contributed by atoms with Crippen molar-refractivity contribution in [1.29, 1.82) is 0 Å². The summed E-state index contributed by atoms with van der Waals surface area (Å²) in [5.41, 5.74) is -1.09. The number of hydrogen-bond donors (Lipinski definition) is 1. The average Bonchev–Trinajstić information content (AvgIpc) is 2.29. The molecule has 0 amide bonds. The third-order valence-electron chi connectivity index (χ3n) is 1.94. The third-order valence-corrected chi connectivity index (χ3v) is 2.26. The number of hydrogen-bond acceptors (Lipinski definition) is 4. The van der Waals surface area contributed by atoms with Crippen LogP contribution in [-0.4, -0.2) is 17.1 Å². The Morgan fingerprint density at radius 1 is 1.32 bits per heavy atom. The van der Waals surface area contributed by atoms with Crippen molar-refractivity contribution >= 4 is 23.1 Å². The first-order valence-electron chi connectivity index (χ1n) is 4.91. The van der Waals surface area contributed by atoms with Gasteiger partial charge in [0, 0.05) is 6.92 Å². The topological polar surface area (TPSA) is 62.0 Å². The summed E-state index contributed by atoms with van der Waals surface area (Å²) >= 11 is 5.72. The Kier molecular flexibility index (Phi) is 4.66. The lowest BCUT2D eigenvalue weighted by molar-refractivity contribution is -0.126. The van der Waals surface area contributed by atoms with E-state index in [1.807, 2.05) is 0 Å². The molecule has 0 saturated heterocycles. The predicted octanol–water partition coefficient (Wildman–Crippen LogP) is 4.34. The van der Waals surface area contributed by atoms with E-state index in [0.717, 1.165) is 6.92 Å². The van der Waals surface area contributed by atoms with Crippen molar-refractivity contribution in [3.05, 3.63) is 40.7 Å². The van der Waals surface area contributed by atoms with Gasteiger partial charge in [0.25, 0.3) is 0 Å². The number of allylic oxidation sites excluding steroid dienone is 2. The second-order valence-corrected chi connectivity index (χ2v) is 3.81.